The summed E-state index contributed by atoms with van der Waals surface area (Å²) < 4.78 is 47.7. The summed E-state index contributed by atoms with van der Waals surface area (Å²) in [5.74, 6) is -1.33. The third kappa shape index (κ3) is 30.3. The normalized spacial score (nSPS) is 19.9. The Kier molecular flexibility index (Phi) is 30.7. The molecule has 7 atom stereocenters. The average Bonchev–Trinajstić information content (AvgIpc) is 3.45. The van der Waals surface area contributed by atoms with Crippen molar-refractivity contribution in [2.45, 2.75) is 180 Å². The van der Waals surface area contributed by atoms with E-state index in [-0.39, 0.29) is 31.0 Å². The molecule has 1 aliphatic carbocycles. The summed E-state index contributed by atoms with van der Waals surface area (Å²) in [7, 11) is -9.76. The van der Waals surface area contributed by atoms with Crippen LogP contribution in [0.25, 0.3) is 0 Å². The summed E-state index contributed by atoms with van der Waals surface area (Å²) >= 11 is 0. The van der Waals surface area contributed by atoms with Gasteiger partial charge in [0.1, 0.15) is 18.5 Å². The number of aliphatic hydroxyl groups is 3. The standard InChI is InChI=1S/C42H76O16P2/c1-4-5-16-22-34(43)26-27-38-37(39(45)28-40(38)46)23-18-14-15-19-24-41(47)54-31-36(32-57-60(52,53)56-30-35(44)29-55-59(49,50)51)58-42(48)25-20-13-11-9-7-6-8-10-12-17-21-33(2)3/h14,18,26-27,33-39,43-45H,4-13,15-17,19-25,28-32H2,1-3H3,(H,52,53)(H2,49,50,51)/b18-14-,27-26+/t34-,35-,36+,37+,38+,39-/m0/s1. The summed E-state index contributed by atoms with van der Waals surface area (Å²) in [5.41, 5.74) is 0. The van der Waals surface area contributed by atoms with E-state index in [4.69, 9.17) is 23.8 Å². The van der Waals surface area contributed by atoms with Crippen molar-refractivity contribution in [3.63, 3.8) is 0 Å². The van der Waals surface area contributed by atoms with Gasteiger partial charge in [-0.05, 0) is 38.0 Å². The third-order valence-electron chi connectivity index (χ3n) is 10.1. The number of phosphoric acid groups is 2. The number of ether oxygens (including phenoxy) is 2. The lowest BCUT2D eigenvalue weighted by Gasteiger charge is -2.20. The Balaban J connectivity index is 2.57. The van der Waals surface area contributed by atoms with Crippen LogP contribution in [0.3, 0.4) is 0 Å². The second-order valence-electron chi connectivity index (χ2n) is 16.2. The molecule has 0 saturated heterocycles. The number of carbonyl (C=O) groups excluding carboxylic acids is 3. The number of esters is 2. The van der Waals surface area contributed by atoms with Crippen molar-refractivity contribution in [2.24, 2.45) is 17.8 Å². The van der Waals surface area contributed by atoms with Gasteiger partial charge in [-0.1, -0.05) is 129 Å². The SMILES string of the molecule is CCCCC[C@H](O)/C=C/[C@H]1C(=O)C[C@H](O)[C@@H]1C/C=C\CCCC(=O)OC[C@H](COP(=O)(O)OC[C@@H](O)COP(=O)(O)O)OC(=O)CCCCCCCCCCCCC(C)C. The summed E-state index contributed by atoms with van der Waals surface area (Å²) in [6.07, 6.45) is 19.9. The molecule has 0 spiro atoms. The van der Waals surface area contributed by atoms with E-state index in [9.17, 15) is 43.7 Å². The van der Waals surface area contributed by atoms with Crippen LogP contribution in [0, 0.1) is 17.8 Å². The molecular weight excluding hydrogens is 822 g/mol. The van der Waals surface area contributed by atoms with Crippen LogP contribution in [0.2, 0.25) is 0 Å². The molecule has 60 heavy (non-hydrogen) atoms. The first-order chi connectivity index (χ1) is 28.4. The summed E-state index contributed by atoms with van der Waals surface area (Å²) in [4.78, 5) is 65.4. The van der Waals surface area contributed by atoms with Crippen LogP contribution < -0.4 is 0 Å². The van der Waals surface area contributed by atoms with Crippen LogP contribution in [0.5, 0.6) is 0 Å². The Labute approximate surface area is 357 Å². The zero-order valence-corrected chi connectivity index (χ0v) is 38.0. The van der Waals surface area contributed by atoms with Crippen LogP contribution in [0.15, 0.2) is 24.3 Å². The number of carbonyl (C=O) groups is 3. The zero-order valence-electron chi connectivity index (χ0n) is 36.2. The molecule has 18 heteroatoms. The lowest BCUT2D eigenvalue weighted by molar-refractivity contribution is -0.161. The van der Waals surface area contributed by atoms with Gasteiger partial charge in [-0.15, -0.1) is 0 Å². The average molecular weight is 899 g/mol. The second-order valence-corrected chi connectivity index (χ2v) is 18.9. The van der Waals surface area contributed by atoms with E-state index in [1.54, 1.807) is 12.2 Å². The van der Waals surface area contributed by atoms with E-state index in [1.165, 1.54) is 38.5 Å². The largest absolute Gasteiger partial charge is 0.472 e. The van der Waals surface area contributed by atoms with Crippen molar-refractivity contribution in [3.8, 4) is 0 Å². The fraction of sp³-hybridized carbons (Fsp3) is 0.833. The Morgan fingerprint density at radius 3 is 1.97 bits per heavy atom. The van der Waals surface area contributed by atoms with E-state index in [0.717, 1.165) is 50.9 Å². The van der Waals surface area contributed by atoms with Crippen molar-refractivity contribution in [3.05, 3.63) is 24.3 Å². The van der Waals surface area contributed by atoms with Gasteiger partial charge in [-0.2, -0.15) is 0 Å². The number of phosphoric ester groups is 2. The Bertz CT molecular complexity index is 1330. The topological polar surface area (TPSA) is 253 Å². The van der Waals surface area contributed by atoms with E-state index < -0.39 is 84.3 Å². The van der Waals surface area contributed by atoms with Crippen LogP contribution >= 0.6 is 15.6 Å². The second kappa shape index (κ2) is 32.8. The predicted molar refractivity (Wildman–Crippen MR) is 226 cm³/mol. The maximum atomic E-state index is 12.7. The first-order valence-electron chi connectivity index (χ1n) is 22.0. The molecule has 0 aromatic carbocycles. The van der Waals surface area contributed by atoms with E-state index in [1.807, 2.05) is 12.2 Å². The van der Waals surface area contributed by atoms with Crippen LogP contribution in [0.1, 0.15) is 156 Å². The minimum Gasteiger partial charge on any atom is -0.462 e. The lowest BCUT2D eigenvalue weighted by Crippen LogP contribution is -2.30. The molecule has 0 radical (unpaired) electrons. The van der Waals surface area contributed by atoms with Gasteiger partial charge in [-0.3, -0.25) is 28.0 Å². The van der Waals surface area contributed by atoms with Gasteiger partial charge in [0.2, 0.25) is 0 Å². The number of unbranched alkanes of at least 4 members (excludes halogenated alkanes) is 12. The number of ketones is 1. The predicted octanol–water partition coefficient (Wildman–Crippen LogP) is 7.56. The van der Waals surface area contributed by atoms with Gasteiger partial charge in [-0.25, -0.2) is 9.13 Å². The van der Waals surface area contributed by atoms with Crippen LogP contribution in [-0.4, -0.2) is 98.6 Å². The maximum absolute atomic E-state index is 12.7. The van der Waals surface area contributed by atoms with Gasteiger partial charge in [0.15, 0.2) is 6.10 Å². The Morgan fingerprint density at radius 1 is 0.750 bits per heavy atom. The van der Waals surface area contributed by atoms with Crippen molar-refractivity contribution in [1.82, 2.24) is 0 Å². The molecule has 1 unspecified atom stereocenters. The molecule has 0 aromatic rings. The molecule has 1 aliphatic rings. The molecule has 1 rings (SSSR count). The highest BCUT2D eigenvalue weighted by molar-refractivity contribution is 7.47. The summed E-state index contributed by atoms with van der Waals surface area (Å²) in [6, 6.07) is 0. The first-order valence-corrected chi connectivity index (χ1v) is 25.0. The highest BCUT2D eigenvalue weighted by Gasteiger charge is 2.39. The highest BCUT2D eigenvalue weighted by Crippen LogP contribution is 2.44. The number of hydrogen-bond acceptors (Lipinski definition) is 13. The zero-order chi connectivity index (χ0) is 44.8. The van der Waals surface area contributed by atoms with Gasteiger partial charge in [0, 0.05) is 31.1 Å². The minimum absolute atomic E-state index is 0.00595. The summed E-state index contributed by atoms with van der Waals surface area (Å²) in [6.45, 7) is 3.63. The van der Waals surface area contributed by atoms with Crippen molar-refractivity contribution in [1.29, 1.82) is 0 Å². The molecule has 6 N–H and O–H groups in total. The molecule has 0 amide bonds. The van der Waals surface area contributed by atoms with Crippen LogP contribution in [-0.2, 0) is 46.6 Å². The lowest BCUT2D eigenvalue weighted by atomic mass is 9.90. The third-order valence-corrected chi connectivity index (χ3v) is 11.6. The maximum Gasteiger partial charge on any atom is 0.472 e. The quantitative estimate of drug-likeness (QED) is 0.0152. The molecule has 0 heterocycles. The molecule has 0 aliphatic heterocycles. The number of aliphatic hydroxyl groups excluding tert-OH is 3. The Hall–Kier alpha value is -1.81. The van der Waals surface area contributed by atoms with E-state index in [0.29, 0.717) is 32.1 Å². The van der Waals surface area contributed by atoms with E-state index in [2.05, 4.69) is 29.8 Å². The number of Topliss-reactive ketones (excluding diaryl/α,β-unsaturated/α-hetero) is 1. The van der Waals surface area contributed by atoms with Gasteiger partial charge < -0.3 is 39.5 Å². The number of rotatable bonds is 37. The molecule has 350 valence electrons. The fourth-order valence-corrected chi connectivity index (χ4v) is 7.85. The summed E-state index contributed by atoms with van der Waals surface area (Å²) in [5, 5.41) is 30.5. The van der Waals surface area contributed by atoms with Gasteiger partial charge >= 0.3 is 27.6 Å². The van der Waals surface area contributed by atoms with Crippen molar-refractivity contribution < 1.29 is 76.6 Å². The molecule has 0 bridgehead atoms. The van der Waals surface area contributed by atoms with Crippen molar-refractivity contribution in [2.75, 3.05) is 26.4 Å². The van der Waals surface area contributed by atoms with E-state index >= 15 is 0 Å². The highest BCUT2D eigenvalue weighted by atomic mass is 31.2. The smallest absolute Gasteiger partial charge is 0.462 e. The molecule has 16 nitrogen and oxygen atoms in total. The monoisotopic (exact) mass is 898 g/mol. The molecule has 1 fully saturated rings. The first kappa shape index (κ1) is 56.2. The number of hydrogen-bond donors (Lipinski definition) is 6. The van der Waals surface area contributed by atoms with Gasteiger partial charge in [0.05, 0.1) is 32.0 Å². The minimum atomic E-state index is -4.89. The number of allylic oxidation sites excluding steroid dienone is 3. The van der Waals surface area contributed by atoms with Crippen LogP contribution in [0.4, 0.5) is 0 Å². The fourth-order valence-electron chi connectivity index (χ4n) is 6.69. The van der Waals surface area contributed by atoms with Crippen molar-refractivity contribution >= 4 is 33.4 Å². The van der Waals surface area contributed by atoms with Gasteiger partial charge in [0.25, 0.3) is 0 Å². The molecule has 1 saturated carbocycles. The molecule has 0 aromatic heterocycles. The Morgan fingerprint density at radius 2 is 1.33 bits per heavy atom. The molecular formula is C42H76O16P2.